The minimum atomic E-state index is -0.429. The molecule has 0 unspecified atom stereocenters. The molecular formula is C17H17BrN2O2. The van der Waals surface area contributed by atoms with Gasteiger partial charge in [0.1, 0.15) is 6.04 Å². The molecule has 0 radical (unpaired) electrons. The molecule has 0 saturated carbocycles. The van der Waals surface area contributed by atoms with Gasteiger partial charge in [-0.15, -0.1) is 0 Å². The number of ketones is 1. The zero-order valence-corrected chi connectivity index (χ0v) is 14.0. The summed E-state index contributed by atoms with van der Waals surface area (Å²) in [5.74, 6) is -0.277. The lowest BCUT2D eigenvalue weighted by Crippen LogP contribution is -2.32. The number of Topliss-reactive ketones (excluding diaryl/α,β-unsaturated/α-hetero) is 1. The van der Waals surface area contributed by atoms with Crippen molar-refractivity contribution in [1.29, 1.82) is 0 Å². The third-order valence-corrected chi connectivity index (χ3v) is 3.71. The Kier molecular flexibility index (Phi) is 5.33. The van der Waals surface area contributed by atoms with Gasteiger partial charge in [-0.05, 0) is 50.2 Å². The van der Waals surface area contributed by atoms with E-state index < -0.39 is 6.04 Å². The Morgan fingerprint density at radius 1 is 1.05 bits per heavy atom. The van der Waals surface area contributed by atoms with E-state index in [1.165, 1.54) is 6.92 Å². The lowest BCUT2D eigenvalue weighted by molar-refractivity contribution is -0.116. The van der Waals surface area contributed by atoms with Crippen molar-refractivity contribution in [3.63, 3.8) is 0 Å². The van der Waals surface area contributed by atoms with Crippen LogP contribution in [0.25, 0.3) is 0 Å². The van der Waals surface area contributed by atoms with E-state index in [4.69, 9.17) is 0 Å². The topological polar surface area (TPSA) is 58.2 Å². The average molecular weight is 361 g/mol. The maximum absolute atomic E-state index is 12.3. The summed E-state index contributed by atoms with van der Waals surface area (Å²) in [5.41, 5.74) is 1.89. The van der Waals surface area contributed by atoms with Crippen LogP contribution < -0.4 is 10.6 Å². The highest BCUT2D eigenvalue weighted by Crippen LogP contribution is 2.17. The average Bonchev–Trinajstić information content (AvgIpc) is 2.49. The third-order valence-electron chi connectivity index (χ3n) is 3.18. The van der Waals surface area contributed by atoms with Crippen LogP contribution in [0.2, 0.25) is 0 Å². The van der Waals surface area contributed by atoms with Crippen LogP contribution in [-0.4, -0.2) is 17.7 Å². The van der Waals surface area contributed by atoms with Gasteiger partial charge in [0.05, 0.1) is 5.69 Å². The van der Waals surface area contributed by atoms with Crippen molar-refractivity contribution in [2.45, 2.75) is 19.9 Å². The van der Waals surface area contributed by atoms with E-state index in [9.17, 15) is 9.59 Å². The van der Waals surface area contributed by atoms with Crippen molar-refractivity contribution in [3.8, 4) is 0 Å². The normalized spacial score (nSPS) is 11.6. The van der Waals surface area contributed by atoms with E-state index in [1.807, 2.05) is 24.3 Å². The molecule has 2 aromatic rings. The fourth-order valence-electron chi connectivity index (χ4n) is 2.00. The van der Waals surface area contributed by atoms with Crippen LogP contribution >= 0.6 is 15.9 Å². The Hall–Kier alpha value is -2.14. The second kappa shape index (κ2) is 7.22. The molecule has 2 N–H and O–H groups in total. The van der Waals surface area contributed by atoms with Crippen molar-refractivity contribution < 1.29 is 9.59 Å². The first-order valence-corrected chi connectivity index (χ1v) is 7.69. The van der Waals surface area contributed by atoms with E-state index in [2.05, 4.69) is 26.6 Å². The molecule has 1 atom stereocenters. The number of carbonyl (C=O) groups is 2. The molecule has 22 heavy (non-hydrogen) atoms. The first-order chi connectivity index (χ1) is 10.5. The fraction of sp³-hybridized carbons (Fsp3) is 0.176. The van der Waals surface area contributed by atoms with Crippen LogP contribution in [0.4, 0.5) is 11.4 Å². The molecule has 0 aliphatic carbocycles. The van der Waals surface area contributed by atoms with Crippen molar-refractivity contribution >= 4 is 39.0 Å². The summed E-state index contributed by atoms with van der Waals surface area (Å²) in [6, 6.07) is 14.1. The van der Waals surface area contributed by atoms with Crippen LogP contribution in [0.3, 0.4) is 0 Å². The van der Waals surface area contributed by atoms with Gasteiger partial charge >= 0.3 is 0 Å². The largest absolute Gasteiger partial charge is 0.374 e. The molecule has 4 nitrogen and oxygen atoms in total. The molecule has 0 bridgehead atoms. The standard InChI is InChI=1S/C17H17BrN2O2/c1-11(19-14-9-7-13(18)8-10-14)17(22)20-16-6-4-3-5-15(16)12(2)21/h3-11,19H,1-2H3,(H,20,22)/t11-/m1/s1. The molecule has 0 aliphatic rings. The number of hydrogen-bond donors (Lipinski definition) is 2. The predicted molar refractivity (Wildman–Crippen MR) is 92.3 cm³/mol. The molecule has 0 aliphatic heterocycles. The molecule has 0 aromatic heterocycles. The van der Waals surface area contributed by atoms with E-state index >= 15 is 0 Å². The van der Waals surface area contributed by atoms with Gasteiger partial charge < -0.3 is 10.6 Å². The number of amides is 1. The Labute approximate surface area is 138 Å². The Bertz CT molecular complexity index is 683. The number of benzene rings is 2. The second-order valence-corrected chi connectivity index (χ2v) is 5.88. The summed E-state index contributed by atoms with van der Waals surface area (Å²) in [7, 11) is 0. The number of nitrogens with one attached hydrogen (secondary N) is 2. The SMILES string of the molecule is CC(=O)c1ccccc1NC(=O)[C@@H](C)Nc1ccc(Br)cc1. The van der Waals surface area contributed by atoms with Crippen molar-refractivity contribution in [1.82, 2.24) is 0 Å². The molecule has 2 aromatic carbocycles. The molecular weight excluding hydrogens is 344 g/mol. The number of para-hydroxylation sites is 1. The Morgan fingerprint density at radius 3 is 2.32 bits per heavy atom. The van der Waals surface area contributed by atoms with Gasteiger partial charge in [-0.1, -0.05) is 28.1 Å². The zero-order valence-electron chi connectivity index (χ0n) is 12.4. The molecule has 0 fully saturated rings. The zero-order chi connectivity index (χ0) is 16.1. The Morgan fingerprint density at radius 2 is 1.68 bits per heavy atom. The molecule has 2 rings (SSSR count). The summed E-state index contributed by atoms with van der Waals surface area (Å²) in [6.45, 7) is 3.25. The smallest absolute Gasteiger partial charge is 0.246 e. The first kappa shape index (κ1) is 16.2. The van der Waals surface area contributed by atoms with Crippen LogP contribution in [0.5, 0.6) is 0 Å². The molecule has 5 heteroatoms. The number of rotatable bonds is 5. The van der Waals surface area contributed by atoms with Gasteiger partial charge in [0.2, 0.25) is 5.91 Å². The molecule has 0 heterocycles. The predicted octanol–water partition coefficient (Wildman–Crippen LogP) is 4.09. The lowest BCUT2D eigenvalue weighted by atomic mass is 10.1. The third kappa shape index (κ3) is 4.18. The lowest BCUT2D eigenvalue weighted by Gasteiger charge is -2.16. The van der Waals surface area contributed by atoms with Gasteiger partial charge in [0, 0.05) is 15.7 Å². The molecule has 0 spiro atoms. The van der Waals surface area contributed by atoms with Gasteiger partial charge in [-0.3, -0.25) is 9.59 Å². The monoisotopic (exact) mass is 360 g/mol. The number of anilines is 2. The maximum atomic E-state index is 12.3. The van der Waals surface area contributed by atoms with E-state index in [1.54, 1.807) is 31.2 Å². The highest BCUT2D eigenvalue weighted by molar-refractivity contribution is 9.10. The van der Waals surface area contributed by atoms with Crippen molar-refractivity contribution in [3.05, 3.63) is 58.6 Å². The van der Waals surface area contributed by atoms with Crippen LogP contribution in [0, 0.1) is 0 Å². The van der Waals surface area contributed by atoms with E-state index in [0.29, 0.717) is 11.3 Å². The van der Waals surface area contributed by atoms with Gasteiger partial charge in [0.25, 0.3) is 0 Å². The minimum absolute atomic E-state index is 0.0792. The number of halogens is 1. The van der Waals surface area contributed by atoms with Crippen molar-refractivity contribution in [2.75, 3.05) is 10.6 Å². The fourth-order valence-corrected chi connectivity index (χ4v) is 2.27. The van der Waals surface area contributed by atoms with E-state index in [0.717, 1.165) is 10.2 Å². The summed E-state index contributed by atoms with van der Waals surface area (Å²) in [5, 5.41) is 5.91. The van der Waals surface area contributed by atoms with Gasteiger partial charge in [-0.25, -0.2) is 0 Å². The van der Waals surface area contributed by atoms with Crippen LogP contribution in [0.1, 0.15) is 24.2 Å². The van der Waals surface area contributed by atoms with Crippen LogP contribution in [0.15, 0.2) is 53.0 Å². The quantitative estimate of drug-likeness (QED) is 0.789. The first-order valence-electron chi connectivity index (χ1n) is 6.90. The van der Waals surface area contributed by atoms with Crippen LogP contribution in [-0.2, 0) is 4.79 Å². The summed E-state index contributed by atoms with van der Waals surface area (Å²) >= 11 is 3.37. The van der Waals surface area contributed by atoms with E-state index in [-0.39, 0.29) is 11.7 Å². The molecule has 1 amide bonds. The van der Waals surface area contributed by atoms with Gasteiger partial charge in [0.15, 0.2) is 5.78 Å². The van der Waals surface area contributed by atoms with Crippen molar-refractivity contribution in [2.24, 2.45) is 0 Å². The minimum Gasteiger partial charge on any atom is -0.374 e. The second-order valence-electron chi connectivity index (χ2n) is 4.96. The summed E-state index contributed by atoms with van der Waals surface area (Å²) in [6.07, 6.45) is 0. The summed E-state index contributed by atoms with van der Waals surface area (Å²) < 4.78 is 0.977. The molecule has 114 valence electrons. The number of carbonyl (C=O) groups excluding carboxylic acids is 2. The number of hydrogen-bond acceptors (Lipinski definition) is 3. The highest BCUT2D eigenvalue weighted by atomic mass is 79.9. The molecule has 0 saturated heterocycles. The van der Waals surface area contributed by atoms with Gasteiger partial charge in [-0.2, -0.15) is 0 Å². The Balaban J connectivity index is 2.05. The highest BCUT2D eigenvalue weighted by Gasteiger charge is 2.15. The summed E-state index contributed by atoms with van der Waals surface area (Å²) in [4.78, 5) is 23.8. The maximum Gasteiger partial charge on any atom is 0.246 e.